The van der Waals surface area contributed by atoms with Gasteiger partial charge in [0, 0.05) is 36.5 Å². The van der Waals surface area contributed by atoms with Crippen LogP contribution in [0, 0.1) is 0 Å². The average molecular weight is 308 g/mol. The van der Waals surface area contributed by atoms with Crippen LogP contribution in [0.5, 0.6) is 0 Å². The number of fused-ring (bicyclic) bond motifs is 1. The lowest BCUT2D eigenvalue weighted by molar-refractivity contribution is -0.115. The normalized spacial score (nSPS) is 20.8. The molecule has 0 bridgehead atoms. The average Bonchev–Trinajstić information content (AvgIpc) is 3.01. The van der Waals surface area contributed by atoms with Crippen LogP contribution in [0.2, 0.25) is 0 Å². The number of allylic oxidation sites excluding steroid dienone is 2. The first kappa shape index (κ1) is 14.3. The highest BCUT2D eigenvalue weighted by Crippen LogP contribution is 2.39. The van der Waals surface area contributed by atoms with Crippen LogP contribution in [-0.4, -0.2) is 5.78 Å². The van der Waals surface area contributed by atoms with Crippen molar-refractivity contribution in [1.29, 1.82) is 0 Å². The summed E-state index contributed by atoms with van der Waals surface area (Å²) in [5.74, 6) is 2.95. The molecule has 4 rings (SSSR count). The molecule has 2 aliphatic rings. The third-order valence-corrected chi connectivity index (χ3v) is 4.58. The fourth-order valence-electron chi connectivity index (χ4n) is 3.42. The quantitative estimate of drug-likeness (QED) is 0.803. The molecule has 0 aliphatic heterocycles. The molecule has 0 spiro atoms. The van der Waals surface area contributed by atoms with Crippen molar-refractivity contribution in [2.75, 3.05) is 0 Å². The number of furan rings is 1. The summed E-state index contributed by atoms with van der Waals surface area (Å²) in [6.07, 6.45) is 7.08. The van der Waals surface area contributed by atoms with E-state index in [1.54, 1.807) is 6.08 Å². The number of benzene rings is 1. The van der Waals surface area contributed by atoms with Crippen molar-refractivity contribution in [1.82, 2.24) is 0 Å². The number of rotatable bonds is 3. The molecule has 0 N–H and O–H groups in total. The van der Waals surface area contributed by atoms with Gasteiger partial charge in [-0.2, -0.15) is 0 Å². The van der Waals surface area contributed by atoms with Gasteiger partial charge >= 0.3 is 0 Å². The number of hydrogen-bond acceptors (Lipinski definition) is 3. The SMILES string of the molecule is O=C1C=C(O[C@H]2CCCc3oc(-c4ccccc4)cc32)CCC1. The van der Waals surface area contributed by atoms with Crippen molar-refractivity contribution in [2.24, 2.45) is 0 Å². The van der Waals surface area contributed by atoms with E-state index in [9.17, 15) is 4.79 Å². The van der Waals surface area contributed by atoms with Gasteiger partial charge in [0.05, 0.1) is 0 Å². The molecule has 118 valence electrons. The molecule has 0 amide bonds. The Morgan fingerprint density at radius 1 is 1.04 bits per heavy atom. The molecule has 0 unspecified atom stereocenters. The van der Waals surface area contributed by atoms with Crippen LogP contribution < -0.4 is 0 Å². The van der Waals surface area contributed by atoms with E-state index in [0.29, 0.717) is 6.42 Å². The van der Waals surface area contributed by atoms with E-state index >= 15 is 0 Å². The highest BCUT2D eigenvalue weighted by atomic mass is 16.5. The van der Waals surface area contributed by atoms with Gasteiger partial charge in [-0.3, -0.25) is 4.79 Å². The molecule has 1 aromatic heterocycles. The number of ketones is 1. The standard InChI is InChI=1S/C20H20O3/c21-15-8-4-9-16(12-15)22-18-10-5-11-19-17(18)13-20(23-19)14-6-2-1-3-7-14/h1-3,6-7,12-13,18H,4-5,8-11H2/t18-/m0/s1. The molecular weight excluding hydrogens is 288 g/mol. The number of hydrogen-bond donors (Lipinski definition) is 0. The predicted octanol–water partition coefficient (Wildman–Crippen LogP) is 4.98. The first-order valence-electron chi connectivity index (χ1n) is 8.38. The lowest BCUT2D eigenvalue weighted by Crippen LogP contribution is -2.13. The lowest BCUT2D eigenvalue weighted by Gasteiger charge is -2.25. The maximum Gasteiger partial charge on any atom is 0.159 e. The molecule has 0 saturated carbocycles. The molecule has 2 aromatic rings. The first-order chi connectivity index (χ1) is 11.3. The number of carbonyl (C=O) groups is 1. The van der Waals surface area contributed by atoms with E-state index in [1.807, 2.05) is 18.2 Å². The summed E-state index contributed by atoms with van der Waals surface area (Å²) in [6, 6.07) is 12.3. The van der Waals surface area contributed by atoms with Crippen LogP contribution in [-0.2, 0) is 16.0 Å². The number of aryl methyl sites for hydroxylation is 1. The van der Waals surface area contributed by atoms with Gasteiger partial charge in [0.25, 0.3) is 0 Å². The highest BCUT2D eigenvalue weighted by molar-refractivity contribution is 5.90. The minimum atomic E-state index is 0.0112. The zero-order valence-corrected chi connectivity index (χ0v) is 13.1. The van der Waals surface area contributed by atoms with E-state index in [4.69, 9.17) is 9.15 Å². The second-order valence-electron chi connectivity index (χ2n) is 6.28. The fourth-order valence-corrected chi connectivity index (χ4v) is 3.42. The Kier molecular flexibility index (Phi) is 3.78. The Hall–Kier alpha value is -2.29. The minimum Gasteiger partial charge on any atom is -0.490 e. The summed E-state index contributed by atoms with van der Waals surface area (Å²) < 4.78 is 12.2. The summed E-state index contributed by atoms with van der Waals surface area (Å²) >= 11 is 0. The van der Waals surface area contributed by atoms with Gasteiger partial charge in [0.1, 0.15) is 23.4 Å². The smallest absolute Gasteiger partial charge is 0.159 e. The molecule has 2 aliphatic carbocycles. The van der Waals surface area contributed by atoms with E-state index in [1.165, 1.54) is 0 Å². The lowest BCUT2D eigenvalue weighted by atomic mass is 9.94. The fraction of sp³-hybridized carbons (Fsp3) is 0.350. The topological polar surface area (TPSA) is 39.4 Å². The molecule has 0 saturated heterocycles. The van der Waals surface area contributed by atoms with Gasteiger partial charge in [-0.25, -0.2) is 0 Å². The largest absolute Gasteiger partial charge is 0.490 e. The summed E-state index contributed by atoms with van der Waals surface area (Å²) in [4.78, 5) is 11.6. The molecule has 23 heavy (non-hydrogen) atoms. The van der Waals surface area contributed by atoms with Crippen molar-refractivity contribution in [2.45, 2.75) is 44.6 Å². The molecule has 3 heteroatoms. The molecular formula is C20H20O3. The van der Waals surface area contributed by atoms with Crippen LogP contribution >= 0.6 is 0 Å². The van der Waals surface area contributed by atoms with Crippen LogP contribution in [0.3, 0.4) is 0 Å². The zero-order valence-electron chi connectivity index (χ0n) is 13.1. The van der Waals surface area contributed by atoms with Gasteiger partial charge in [0.2, 0.25) is 0 Å². The summed E-state index contributed by atoms with van der Waals surface area (Å²) in [5, 5.41) is 0. The minimum absolute atomic E-state index is 0.0112. The molecule has 0 fully saturated rings. The summed E-state index contributed by atoms with van der Waals surface area (Å²) in [6.45, 7) is 0. The zero-order chi connectivity index (χ0) is 15.6. The Morgan fingerprint density at radius 2 is 1.91 bits per heavy atom. The van der Waals surface area contributed by atoms with E-state index in [2.05, 4.69) is 18.2 Å². The van der Waals surface area contributed by atoms with Gasteiger partial charge in [-0.05, 0) is 25.3 Å². The molecule has 1 atom stereocenters. The Bertz CT molecular complexity index is 740. The third-order valence-electron chi connectivity index (χ3n) is 4.58. The van der Waals surface area contributed by atoms with Gasteiger partial charge in [-0.1, -0.05) is 30.3 Å². The number of ether oxygens (including phenoxy) is 1. The molecule has 1 heterocycles. The molecule has 1 aromatic carbocycles. The van der Waals surface area contributed by atoms with E-state index < -0.39 is 0 Å². The Balaban J connectivity index is 1.61. The molecule has 3 nitrogen and oxygen atoms in total. The molecule has 0 radical (unpaired) electrons. The van der Waals surface area contributed by atoms with Gasteiger partial charge in [-0.15, -0.1) is 0 Å². The second kappa shape index (κ2) is 6.07. The predicted molar refractivity (Wildman–Crippen MR) is 87.8 cm³/mol. The Labute approximate surface area is 136 Å². The maximum absolute atomic E-state index is 11.6. The van der Waals surface area contributed by atoms with Gasteiger partial charge < -0.3 is 9.15 Å². The van der Waals surface area contributed by atoms with Crippen molar-refractivity contribution in [3.8, 4) is 11.3 Å². The summed E-state index contributed by atoms with van der Waals surface area (Å²) in [7, 11) is 0. The van der Waals surface area contributed by atoms with Crippen LogP contribution in [0.1, 0.15) is 49.5 Å². The van der Waals surface area contributed by atoms with Crippen molar-refractivity contribution in [3.05, 3.63) is 59.6 Å². The first-order valence-corrected chi connectivity index (χ1v) is 8.38. The van der Waals surface area contributed by atoms with E-state index in [-0.39, 0.29) is 11.9 Å². The van der Waals surface area contributed by atoms with Crippen LogP contribution in [0.15, 0.2) is 52.7 Å². The third kappa shape index (κ3) is 2.96. The second-order valence-corrected chi connectivity index (χ2v) is 6.28. The Morgan fingerprint density at radius 3 is 2.74 bits per heavy atom. The van der Waals surface area contributed by atoms with Crippen LogP contribution in [0.4, 0.5) is 0 Å². The van der Waals surface area contributed by atoms with Crippen molar-refractivity contribution >= 4 is 5.78 Å². The van der Waals surface area contributed by atoms with Gasteiger partial charge in [0.15, 0.2) is 5.78 Å². The summed E-state index contributed by atoms with van der Waals surface area (Å²) in [5.41, 5.74) is 2.24. The highest BCUT2D eigenvalue weighted by Gasteiger charge is 2.27. The maximum atomic E-state index is 11.6. The van der Waals surface area contributed by atoms with Crippen LogP contribution in [0.25, 0.3) is 11.3 Å². The number of carbonyl (C=O) groups excluding carboxylic acids is 1. The van der Waals surface area contributed by atoms with Crippen molar-refractivity contribution in [3.63, 3.8) is 0 Å². The van der Waals surface area contributed by atoms with E-state index in [0.717, 1.165) is 60.5 Å². The monoisotopic (exact) mass is 308 g/mol. The van der Waals surface area contributed by atoms with Crippen molar-refractivity contribution < 1.29 is 13.9 Å².